The summed E-state index contributed by atoms with van der Waals surface area (Å²) in [6, 6.07) is 25.0. The maximum atomic E-state index is 9.60. The highest BCUT2D eigenvalue weighted by Crippen LogP contribution is 2.28. The van der Waals surface area contributed by atoms with Crippen molar-refractivity contribution in [3.63, 3.8) is 0 Å². The van der Waals surface area contributed by atoms with Gasteiger partial charge in [0, 0.05) is 0 Å². The number of ether oxygens (including phenoxy) is 1. The van der Waals surface area contributed by atoms with Gasteiger partial charge in [0.1, 0.15) is 5.75 Å². The van der Waals surface area contributed by atoms with E-state index < -0.39 is 0 Å². The first-order valence-corrected chi connectivity index (χ1v) is 8.34. The summed E-state index contributed by atoms with van der Waals surface area (Å²) in [5, 5.41) is 12.0. The minimum Gasteiger partial charge on any atom is -0.494 e. The third-order valence-corrected chi connectivity index (χ3v) is 4.28. The van der Waals surface area contributed by atoms with Crippen molar-refractivity contribution in [2.24, 2.45) is 0 Å². The normalized spacial score (nSPS) is 11.8. The van der Waals surface area contributed by atoms with Crippen LogP contribution in [0.1, 0.15) is 29.9 Å². The predicted octanol–water partition coefficient (Wildman–Crippen LogP) is 5.61. The van der Waals surface area contributed by atoms with Crippen molar-refractivity contribution < 1.29 is 4.74 Å². The zero-order chi connectivity index (χ0) is 16.8. The van der Waals surface area contributed by atoms with Crippen molar-refractivity contribution >= 4 is 10.8 Å². The SMILES string of the molecule is Cc1ccc(OCCCC(C#N)c2cccc3ccccc23)cc1. The van der Waals surface area contributed by atoms with Crippen LogP contribution < -0.4 is 4.74 Å². The van der Waals surface area contributed by atoms with Crippen molar-refractivity contribution in [1.29, 1.82) is 5.26 Å². The molecule has 3 rings (SSSR count). The monoisotopic (exact) mass is 315 g/mol. The first-order chi connectivity index (χ1) is 11.8. The minimum atomic E-state index is -0.0993. The minimum absolute atomic E-state index is 0.0993. The van der Waals surface area contributed by atoms with E-state index in [1.54, 1.807) is 0 Å². The zero-order valence-electron chi connectivity index (χ0n) is 13.9. The maximum absolute atomic E-state index is 9.60. The van der Waals surface area contributed by atoms with Gasteiger partial charge < -0.3 is 4.74 Å². The first kappa shape index (κ1) is 16.1. The molecule has 2 nitrogen and oxygen atoms in total. The number of hydrogen-bond acceptors (Lipinski definition) is 2. The van der Waals surface area contributed by atoms with Crippen molar-refractivity contribution in [2.45, 2.75) is 25.7 Å². The molecule has 0 N–H and O–H groups in total. The molecule has 0 aromatic heterocycles. The second-order valence-electron chi connectivity index (χ2n) is 6.05. The van der Waals surface area contributed by atoms with Crippen LogP contribution in [0.4, 0.5) is 0 Å². The molecule has 0 amide bonds. The van der Waals surface area contributed by atoms with Crippen LogP contribution in [0, 0.1) is 18.3 Å². The highest BCUT2D eigenvalue weighted by molar-refractivity contribution is 5.86. The van der Waals surface area contributed by atoms with Crippen molar-refractivity contribution in [1.82, 2.24) is 0 Å². The molecule has 3 aromatic rings. The third-order valence-electron chi connectivity index (χ3n) is 4.28. The Morgan fingerprint density at radius 2 is 1.71 bits per heavy atom. The molecule has 24 heavy (non-hydrogen) atoms. The van der Waals surface area contributed by atoms with Crippen LogP contribution in [-0.2, 0) is 0 Å². The molecule has 0 heterocycles. The molecule has 0 aliphatic carbocycles. The van der Waals surface area contributed by atoms with E-state index in [4.69, 9.17) is 4.74 Å². The molecule has 1 unspecified atom stereocenters. The van der Waals surface area contributed by atoms with Gasteiger partial charge in [-0.15, -0.1) is 0 Å². The van der Waals surface area contributed by atoms with Gasteiger partial charge in [0.25, 0.3) is 0 Å². The molecule has 0 saturated carbocycles. The Hall–Kier alpha value is -2.79. The lowest BCUT2D eigenvalue weighted by Gasteiger charge is -2.13. The van der Waals surface area contributed by atoms with Crippen LogP contribution >= 0.6 is 0 Å². The Morgan fingerprint density at radius 1 is 0.958 bits per heavy atom. The molecule has 2 heteroatoms. The first-order valence-electron chi connectivity index (χ1n) is 8.34. The Labute approximate surface area is 143 Å². The number of aryl methyl sites for hydroxylation is 1. The van der Waals surface area contributed by atoms with E-state index in [9.17, 15) is 5.26 Å². The lowest BCUT2D eigenvalue weighted by molar-refractivity contribution is 0.305. The van der Waals surface area contributed by atoms with E-state index in [1.807, 2.05) is 42.5 Å². The molecule has 0 bridgehead atoms. The standard InChI is InChI=1S/C22H21NO/c1-17-11-13-20(14-12-17)24-15-5-8-19(16-23)22-10-4-7-18-6-2-3-9-21(18)22/h2-4,6-7,9-14,19H,5,8,15H2,1H3. The van der Waals surface area contributed by atoms with Crippen molar-refractivity contribution in [2.75, 3.05) is 6.61 Å². The highest BCUT2D eigenvalue weighted by atomic mass is 16.5. The van der Waals surface area contributed by atoms with Gasteiger partial charge in [0.05, 0.1) is 18.6 Å². The van der Waals surface area contributed by atoms with Gasteiger partial charge in [-0.25, -0.2) is 0 Å². The maximum Gasteiger partial charge on any atom is 0.119 e. The zero-order valence-corrected chi connectivity index (χ0v) is 13.9. The fourth-order valence-electron chi connectivity index (χ4n) is 2.96. The summed E-state index contributed by atoms with van der Waals surface area (Å²) in [5.74, 6) is 0.789. The molecule has 0 spiro atoms. The fourth-order valence-corrected chi connectivity index (χ4v) is 2.96. The average molecular weight is 315 g/mol. The van der Waals surface area contributed by atoms with Crippen molar-refractivity contribution in [3.8, 4) is 11.8 Å². The fraction of sp³-hybridized carbons (Fsp3) is 0.227. The van der Waals surface area contributed by atoms with Crippen molar-refractivity contribution in [3.05, 3.63) is 77.9 Å². The quantitative estimate of drug-likeness (QED) is 0.553. The summed E-state index contributed by atoms with van der Waals surface area (Å²) in [6.07, 6.45) is 1.66. The van der Waals surface area contributed by atoms with E-state index in [2.05, 4.69) is 37.3 Å². The molecule has 0 radical (unpaired) electrons. The molecule has 0 fully saturated rings. The number of rotatable bonds is 6. The second kappa shape index (κ2) is 7.66. The van der Waals surface area contributed by atoms with E-state index in [-0.39, 0.29) is 5.92 Å². The van der Waals surface area contributed by atoms with E-state index in [0.717, 1.165) is 24.2 Å². The second-order valence-corrected chi connectivity index (χ2v) is 6.05. The lowest BCUT2D eigenvalue weighted by atomic mass is 9.91. The largest absolute Gasteiger partial charge is 0.494 e. The van der Waals surface area contributed by atoms with Crippen LogP contribution in [0.25, 0.3) is 10.8 Å². The number of hydrogen-bond donors (Lipinski definition) is 0. The number of nitrogens with zero attached hydrogens (tertiary/aromatic N) is 1. The van der Waals surface area contributed by atoms with Gasteiger partial charge in [-0.2, -0.15) is 5.26 Å². The van der Waals surface area contributed by atoms with Crippen LogP contribution in [0.3, 0.4) is 0 Å². The molecule has 120 valence electrons. The number of benzene rings is 3. The van der Waals surface area contributed by atoms with Gasteiger partial charge in [-0.1, -0.05) is 60.2 Å². The molecule has 3 aromatic carbocycles. The Balaban J connectivity index is 1.62. The smallest absolute Gasteiger partial charge is 0.119 e. The lowest BCUT2D eigenvalue weighted by Crippen LogP contribution is -2.02. The predicted molar refractivity (Wildman–Crippen MR) is 98.2 cm³/mol. The Bertz CT molecular complexity index is 840. The third kappa shape index (κ3) is 3.75. The number of nitriles is 1. The summed E-state index contributed by atoms with van der Waals surface area (Å²) >= 11 is 0. The van der Waals surface area contributed by atoms with Gasteiger partial charge in [0.2, 0.25) is 0 Å². The topological polar surface area (TPSA) is 33.0 Å². The molecular formula is C22H21NO. The summed E-state index contributed by atoms with van der Waals surface area (Å²) < 4.78 is 5.77. The van der Waals surface area contributed by atoms with Crippen LogP contribution in [-0.4, -0.2) is 6.61 Å². The van der Waals surface area contributed by atoms with Crippen LogP contribution in [0.5, 0.6) is 5.75 Å². The highest BCUT2D eigenvalue weighted by Gasteiger charge is 2.13. The van der Waals surface area contributed by atoms with E-state index in [1.165, 1.54) is 16.3 Å². The summed E-state index contributed by atoms with van der Waals surface area (Å²) in [7, 11) is 0. The van der Waals surface area contributed by atoms with Crippen LogP contribution in [0.2, 0.25) is 0 Å². The molecule has 0 aliphatic rings. The molecule has 0 saturated heterocycles. The molecular weight excluding hydrogens is 294 g/mol. The summed E-state index contributed by atoms with van der Waals surface area (Å²) in [6.45, 7) is 2.69. The molecule has 0 aliphatic heterocycles. The number of fused-ring (bicyclic) bond motifs is 1. The summed E-state index contributed by atoms with van der Waals surface area (Å²) in [5.41, 5.74) is 2.34. The van der Waals surface area contributed by atoms with Gasteiger partial charge in [-0.05, 0) is 48.2 Å². The van der Waals surface area contributed by atoms with Crippen LogP contribution in [0.15, 0.2) is 66.7 Å². The van der Waals surface area contributed by atoms with E-state index >= 15 is 0 Å². The summed E-state index contributed by atoms with van der Waals surface area (Å²) in [4.78, 5) is 0. The average Bonchev–Trinajstić information content (AvgIpc) is 2.63. The Morgan fingerprint density at radius 3 is 2.50 bits per heavy atom. The van der Waals surface area contributed by atoms with Gasteiger partial charge in [0.15, 0.2) is 0 Å². The Kier molecular flexibility index (Phi) is 5.13. The van der Waals surface area contributed by atoms with Gasteiger partial charge >= 0.3 is 0 Å². The van der Waals surface area contributed by atoms with Gasteiger partial charge in [-0.3, -0.25) is 0 Å². The molecule has 1 atom stereocenters. The van der Waals surface area contributed by atoms with E-state index in [0.29, 0.717) is 6.61 Å².